The molecule has 0 heterocycles. The van der Waals surface area contributed by atoms with Gasteiger partial charge < -0.3 is 4.74 Å². The maximum Gasteiger partial charge on any atom is 0.157 e. The summed E-state index contributed by atoms with van der Waals surface area (Å²) in [6, 6.07) is 7.68. The first kappa shape index (κ1) is 14.6. The molecule has 0 aliphatic carbocycles. The van der Waals surface area contributed by atoms with Crippen molar-refractivity contribution >= 4 is 23.6 Å². The lowest BCUT2D eigenvalue weighted by Gasteiger charge is -2.08. The van der Waals surface area contributed by atoms with Gasteiger partial charge in [0.2, 0.25) is 0 Å². The van der Waals surface area contributed by atoms with Crippen molar-refractivity contribution in [2.75, 3.05) is 7.11 Å². The minimum atomic E-state index is 0.715. The molecule has 0 amide bonds. The lowest BCUT2D eigenvalue weighted by Crippen LogP contribution is -1.89. The van der Waals surface area contributed by atoms with Crippen molar-refractivity contribution in [3.05, 3.63) is 46.2 Å². The molecule has 18 heavy (non-hydrogen) atoms. The van der Waals surface area contributed by atoms with Crippen molar-refractivity contribution in [2.24, 2.45) is 0 Å². The van der Waals surface area contributed by atoms with E-state index in [2.05, 4.69) is 6.58 Å². The summed E-state index contributed by atoms with van der Waals surface area (Å²) in [6.45, 7) is 7.89. The van der Waals surface area contributed by atoms with Crippen molar-refractivity contribution in [3.63, 3.8) is 0 Å². The predicted octanol–water partition coefficient (Wildman–Crippen LogP) is 4.28. The van der Waals surface area contributed by atoms with Crippen LogP contribution in [0.25, 0.3) is 5.57 Å². The van der Waals surface area contributed by atoms with Crippen LogP contribution in [0, 0.1) is 0 Å². The Morgan fingerprint density at radius 1 is 1.39 bits per heavy atom. The fourth-order valence-corrected chi connectivity index (χ4v) is 2.17. The molecule has 0 unspecified atom stereocenters. The van der Waals surface area contributed by atoms with Crippen molar-refractivity contribution in [1.29, 1.82) is 0 Å². The van der Waals surface area contributed by atoms with Gasteiger partial charge in [0.25, 0.3) is 0 Å². The molecule has 1 rings (SSSR count). The fraction of sp³-hybridized carbons (Fsp3) is 0.267. The number of aldehydes is 1. The fourth-order valence-electron chi connectivity index (χ4n) is 1.40. The summed E-state index contributed by atoms with van der Waals surface area (Å²) in [7, 11) is 1.63. The molecule has 96 valence electrons. The Hall–Kier alpha value is -1.48. The second-order valence-electron chi connectivity index (χ2n) is 3.83. The van der Waals surface area contributed by atoms with E-state index in [1.807, 2.05) is 38.1 Å². The maximum absolute atomic E-state index is 11.1. The van der Waals surface area contributed by atoms with Crippen LogP contribution < -0.4 is 4.74 Å². The predicted molar refractivity (Wildman–Crippen MR) is 78.7 cm³/mol. The zero-order chi connectivity index (χ0) is 13.5. The minimum Gasteiger partial charge on any atom is -0.497 e. The first-order valence-electron chi connectivity index (χ1n) is 5.78. The summed E-state index contributed by atoms with van der Waals surface area (Å²) in [5.74, 6) is 0.810. The van der Waals surface area contributed by atoms with E-state index in [4.69, 9.17) is 4.74 Å². The van der Waals surface area contributed by atoms with Crippen LogP contribution in [-0.2, 0) is 4.79 Å². The third-order valence-electron chi connectivity index (χ3n) is 2.65. The Labute approximate surface area is 113 Å². The Morgan fingerprint density at radius 3 is 2.44 bits per heavy atom. The molecule has 2 nitrogen and oxygen atoms in total. The van der Waals surface area contributed by atoms with Crippen molar-refractivity contribution in [2.45, 2.75) is 20.3 Å². The minimum absolute atomic E-state index is 0.715. The Kier molecular flexibility index (Phi) is 5.72. The Bertz CT molecular complexity index is 458. The molecule has 3 heteroatoms. The molecule has 0 atom stereocenters. The van der Waals surface area contributed by atoms with Gasteiger partial charge in [-0.15, -0.1) is 0 Å². The molecule has 0 spiro atoms. The van der Waals surface area contributed by atoms with E-state index in [1.54, 1.807) is 7.11 Å². The summed E-state index contributed by atoms with van der Waals surface area (Å²) in [4.78, 5) is 12.9. The van der Waals surface area contributed by atoms with Crippen LogP contribution in [0.15, 0.2) is 40.7 Å². The van der Waals surface area contributed by atoms with Gasteiger partial charge in [0.15, 0.2) is 6.29 Å². The average molecular weight is 262 g/mol. The van der Waals surface area contributed by atoms with Crippen LogP contribution in [0.1, 0.15) is 25.8 Å². The van der Waals surface area contributed by atoms with Crippen LogP contribution in [0.2, 0.25) is 0 Å². The van der Waals surface area contributed by atoms with Gasteiger partial charge in [-0.05, 0) is 41.5 Å². The van der Waals surface area contributed by atoms with Gasteiger partial charge in [-0.3, -0.25) is 4.79 Å². The van der Waals surface area contributed by atoms with E-state index in [0.29, 0.717) is 4.91 Å². The molecule has 1 aromatic carbocycles. The van der Waals surface area contributed by atoms with E-state index in [0.717, 1.165) is 34.5 Å². The number of ether oxygens (including phenoxy) is 1. The summed E-state index contributed by atoms with van der Waals surface area (Å²) >= 11 is 1.44. The number of hydrogen-bond donors (Lipinski definition) is 0. The zero-order valence-electron chi connectivity index (χ0n) is 11.0. The molecule has 0 aromatic heterocycles. The van der Waals surface area contributed by atoms with E-state index >= 15 is 0 Å². The lowest BCUT2D eigenvalue weighted by atomic mass is 10.1. The third kappa shape index (κ3) is 3.77. The standard InChI is InChI=1S/C15H18O2S/c1-5-11(2)18-15(10-16)12(3)13-6-8-14(17-4)9-7-13/h6-10H,2,5H2,1,3-4H3/b15-12+. The highest BCUT2D eigenvalue weighted by Gasteiger charge is 2.06. The van der Waals surface area contributed by atoms with Crippen LogP contribution in [0.5, 0.6) is 5.75 Å². The summed E-state index contributed by atoms with van der Waals surface area (Å²) in [6.07, 6.45) is 1.75. The number of hydrogen-bond acceptors (Lipinski definition) is 3. The van der Waals surface area contributed by atoms with E-state index < -0.39 is 0 Å². The molecule has 0 fully saturated rings. The first-order valence-corrected chi connectivity index (χ1v) is 6.60. The Balaban J connectivity index is 3.02. The molecular formula is C15H18O2S. The quantitative estimate of drug-likeness (QED) is 0.565. The normalized spacial score (nSPS) is 11.7. The van der Waals surface area contributed by atoms with Crippen molar-refractivity contribution in [1.82, 2.24) is 0 Å². The second kappa shape index (κ2) is 7.07. The van der Waals surface area contributed by atoms with Crippen molar-refractivity contribution < 1.29 is 9.53 Å². The van der Waals surface area contributed by atoms with Crippen LogP contribution >= 0.6 is 11.8 Å². The Morgan fingerprint density at radius 2 is 2.00 bits per heavy atom. The van der Waals surface area contributed by atoms with Gasteiger partial charge >= 0.3 is 0 Å². The zero-order valence-corrected chi connectivity index (χ0v) is 11.8. The molecule has 0 aliphatic rings. The number of carbonyl (C=O) groups excluding carboxylic acids is 1. The molecule has 0 bridgehead atoms. The number of benzene rings is 1. The summed E-state index contributed by atoms with van der Waals surface area (Å²) in [5, 5.41) is 0. The van der Waals surface area contributed by atoms with Gasteiger partial charge in [0.1, 0.15) is 5.75 Å². The van der Waals surface area contributed by atoms with Gasteiger partial charge in [0, 0.05) is 0 Å². The molecule has 0 saturated carbocycles. The van der Waals surface area contributed by atoms with E-state index in [1.165, 1.54) is 11.8 Å². The lowest BCUT2D eigenvalue weighted by molar-refractivity contribution is -0.104. The molecule has 0 saturated heterocycles. The van der Waals surface area contributed by atoms with E-state index in [-0.39, 0.29) is 0 Å². The largest absolute Gasteiger partial charge is 0.497 e. The van der Waals surface area contributed by atoms with E-state index in [9.17, 15) is 4.79 Å². The number of carbonyl (C=O) groups is 1. The maximum atomic E-state index is 11.1. The molecule has 0 aliphatic heterocycles. The number of rotatable bonds is 6. The summed E-state index contributed by atoms with van der Waals surface area (Å²) in [5.41, 5.74) is 1.99. The highest BCUT2D eigenvalue weighted by molar-refractivity contribution is 8.07. The van der Waals surface area contributed by atoms with Gasteiger partial charge in [-0.2, -0.15) is 0 Å². The average Bonchev–Trinajstić information content (AvgIpc) is 2.43. The number of allylic oxidation sites excluding steroid dienone is 3. The number of methoxy groups -OCH3 is 1. The molecule has 1 aromatic rings. The van der Waals surface area contributed by atoms with Gasteiger partial charge in [-0.25, -0.2) is 0 Å². The van der Waals surface area contributed by atoms with Crippen LogP contribution in [-0.4, -0.2) is 13.4 Å². The van der Waals surface area contributed by atoms with Crippen molar-refractivity contribution in [3.8, 4) is 5.75 Å². The topological polar surface area (TPSA) is 26.3 Å². The highest BCUT2D eigenvalue weighted by Crippen LogP contribution is 2.31. The molecular weight excluding hydrogens is 244 g/mol. The van der Waals surface area contributed by atoms with Crippen LogP contribution in [0.3, 0.4) is 0 Å². The third-order valence-corrected chi connectivity index (χ3v) is 3.85. The monoisotopic (exact) mass is 262 g/mol. The number of thioether (sulfide) groups is 1. The highest BCUT2D eigenvalue weighted by atomic mass is 32.2. The van der Waals surface area contributed by atoms with Gasteiger partial charge in [-0.1, -0.05) is 37.4 Å². The molecule has 0 N–H and O–H groups in total. The van der Waals surface area contributed by atoms with Crippen LogP contribution in [0.4, 0.5) is 0 Å². The van der Waals surface area contributed by atoms with Gasteiger partial charge in [0.05, 0.1) is 12.0 Å². The first-order chi connectivity index (χ1) is 8.62. The second-order valence-corrected chi connectivity index (χ2v) is 5.05. The molecule has 0 radical (unpaired) electrons. The smallest absolute Gasteiger partial charge is 0.157 e. The SMILES string of the molecule is C=C(CC)S/C(C=O)=C(\C)c1ccc(OC)cc1. The summed E-state index contributed by atoms with van der Waals surface area (Å²) < 4.78 is 5.11.